The van der Waals surface area contributed by atoms with Crippen molar-refractivity contribution in [3.8, 4) is 6.07 Å². The second-order valence-corrected chi connectivity index (χ2v) is 16.4. The first-order valence-electron chi connectivity index (χ1n) is 11.9. The number of fused-ring (bicyclic) bond motifs is 3. The van der Waals surface area contributed by atoms with Gasteiger partial charge in [0, 0.05) is 18.3 Å². The molecule has 0 unspecified atom stereocenters. The zero-order valence-electron chi connectivity index (χ0n) is 18.9. The Balaban J connectivity index is 1.33. The van der Waals surface area contributed by atoms with Crippen molar-refractivity contribution in [2.24, 2.45) is 17.3 Å². The molecule has 0 amide bonds. The van der Waals surface area contributed by atoms with E-state index in [2.05, 4.69) is 38.7 Å². The average molecular weight is 430 g/mol. The summed E-state index contributed by atoms with van der Waals surface area (Å²) in [5.41, 5.74) is 0.643. The topological polar surface area (TPSA) is 64.0 Å². The lowest BCUT2D eigenvalue weighted by atomic mass is 9.53. The van der Waals surface area contributed by atoms with E-state index in [0.29, 0.717) is 25.0 Å². The number of ether oxygens (including phenoxy) is 3. The van der Waals surface area contributed by atoms with Crippen LogP contribution in [-0.2, 0) is 18.6 Å². The predicted octanol–water partition coefficient (Wildman–Crippen LogP) is 4.69. The fourth-order valence-electron chi connectivity index (χ4n) is 8.23. The van der Waals surface area contributed by atoms with Crippen LogP contribution >= 0.6 is 0 Å². The molecule has 6 heteroatoms. The van der Waals surface area contributed by atoms with Crippen LogP contribution in [0.25, 0.3) is 0 Å². The van der Waals surface area contributed by atoms with Crippen molar-refractivity contribution >= 4 is 8.32 Å². The van der Waals surface area contributed by atoms with Crippen LogP contribution in [0.1, 0.15) is 58.3 Å². The van der Waals surface area contributed by atoms with Crippen LogP contribution in [0, 0.1) is 28.6 Å². The maximum absolute atomic E-state index is 10.3. The molecular weight excluding hydrogens is 394 g/mol. The van der Waals surface area contributed by atoms with Gasteiger partial charge in [0.1, 0.15) is 16.8 Å². The molecule has 6 aliphatic rings. The van der Waals surface area contributed by atoms with Gasteiger partial charge in [0.15, 0.2) is 14.1 Å². The quantitative estimate of drug-likeness (QED) is 0.362. The van der Waals surface area contributed by atoms with Gasteiger partial charge in [-0.05, 0) is 75.6 Å². The molecule has 0 aromatic heterocycles. The van der Waals surface area contributed by atoms with E-state index >= 15 is 0 Å². The van der Waals surface area contributed by atoms with Crippen LogP contribution in [0.5, 0.6) is 0 Å². The predicted molar refractivity (Wildman–Crippen MR) is 114 cm³/mol. The summed E-state index contributed by atoms with van der Waals surface area (Å²) in [6.07, 6.45) is 10.4. The Labute approximate surface area is 181 Å². The number of nitriles is 1. The normalized spacial score (nSPS) is 50.7. The van der Waals surface area contributed by atoms with E-state index in [1.54, 1.807) is 5.57 Å². The largest absolute Gasteiger partial charge is 0.399 e. The number of nitrogens with zero attached hydrogens (tertiary/aromatic N) is 1. The van der Waals surface area contributed by atoms with Crippen molar-refractivity contribution < 1.29 is 18.6 Å². The first-order chi connectivity index (χ1) is 14.1. The second kappa shape index (κ2) is 5.79. The first kappa shape index (κ1) is 19.9. The number of hydrogen-bond donors (Lipinski definition) is 0. The van der Waals surface area contributed by atoms with Crippen LogP contribution in [0.2, 0.25) is 19.6 Å². The van der Waals surface area contributed by atoms with E-state index < -0.39 is 19.7 Å². The van der Waals surface area contributed by atoms with Crippen molar-refractivity contribution in [2.45, 2.75) is 101 Å². The van der Waals surface area contributed by atoms with Gasteiger partial charge in [-0.1, -0.05) is 13.0 Å². The lowest BCUT2D eigenvalue weighted by molar-refractivity contribution is -0.185. The Morgan fingerprint density at radius 3 is 2.57 bits per heavy atom. The van der Waals surface area contributed by atoms with Gasteiger partial charge in [-0.3, -0.25) is 0 Å². The van der Waals surface area contributed by atoms with E-state index in [0.717, 1.165) is 51.4 Å². The molecule has 30 heavy (non-hydrogen) atoms. The standard InChI is InChI=1S/C24H35NO4Si/c1-20-8-6-19-17(18(20)7-10-22(20,16-25)29-30(2,3)4)5-9-21-15-23(26-13-14-27-23)11-12-24(19,21)28-21/h6,17-18H,5,7-15H2,1-4H3/t17-,18-,20-,21-,22-,24+/m0/s1. The fourth-order valence-corrected chi connectivity index (χ4v) is 9.65. The Morgan fingerprint density at radius 2 is 1.87 bits per heavy atom. The Kier molecular flexibility index (Phi) is 3.85. The molecule has 0 aromatic carbocycles. The van der Waals surface area contributed by atoms with Crippen LogP contribution in [0.3, 0.4) is 0 Å². The van der Waals surface area contributed by atoms with Crippen LogP contribution in [0.4, 0.5) is 0 Å². The van der Waals surface area contributed by atoms with Crippen LogP contribution in [0.15, 0.2) is 11.6 Å². The third kappa shape index (κ3) is 2.31. The molecule has 2 heterocycles. The molecule has 2 aliphatic heterocycles. The van der Waals surface area contributed by atoms with Gasteiger partial charge in [0.25, 0.3) is 0 Å². The molecule has 1 spiro atoms. The van der Waals surface area contributed by atoms with Gasteiger partial charge in [-0.15, -0.1) is 0 Å². The number of epoxide rings is 1. The molecule has 0 N–H and O–H groups in total. The van der Waals surface area contributed by atoms with E-state index in [-0.39, 0.29) is 16.6 Å². The summed E-state index contributed by atoms with van der Waals surface area (Å²) in [6, 6.07) is 2.70. The molecule has 3 saturated carbocycles. The van der Waals surface area contributed by atoms with E-state index in [1.165, 1.54) is 0 Å². The maximum atomic E-state index is 10.3. The molecule has 5 nitrogen and oxygen atoms in total. The third-order valence-electron chi connectivity index (χ3n) is 9.46. The molecule has 5 fully saturated rings. The first-order valence-corrected chi connectivity index (χ1v) is 15.3. The maximum Gasteiger partial charge on any atom is 0.185 e. The Morgan fingerprint density at radius 1 is 1.10 bits per heavy atom. The molecular formula is C24H35NO4Si. The summed E-state index contributed by atoms with van der Waals surface area (Å²) in [5.74, 6) is 0.643. The van der Waals surface area contributed by atoms with Crippen molar-refractivity contribution in [3.63, 3.8) is 0 Å². The van der Waals surface area contributed by atoms with Gasteiger partial charge in [-0.2, -0.15) is 5.26 Å². The smallest absolute Gasteiger partial charge is 0.185 e. The molecule has 6 atom stereocenters. The Hall–Kier alpha value is -0.713. The number of hydrogen-bond acceptors (Lipinski definition) is 5. The van der Waals surface area contributed by atoms with Crippen LogP contribution < -0.4 is 0 Å². The van der Waals surface area contributed by atoms with Crippen molar-refractivity contribution in [2.75, 3.05) is 13.2 Å². The van der Waals surface area contributed by atoms with E-state index in [1.807, 2.05) is 0 Å². The molecule has 0 aromatic rings. The van der Waals surface area contributed by atoms with Gasteiger partial charge in [0.05, 0.1) is 19.3 Å². The SMILES string of the molecule is C[C@]12CC=C3[C@@H](CC[C@]45CC6(CC[C@@]34O5)OCCO6)[C@@H]1CC[C@@]2(C#N)O[Si](C)(C)C. The lowest BCUT2D eigenvalue weighted by Gasteiger charge is -2.52. The molecule has 4 aliphatic carbocycles. The summed E-state index contributed by atoms with van der Waals surface area (Å²) in [4.78, 5) is 0. The summed E-state index contributed by atoms with van der Waals surface area (Å²) >= 11 is 0. The number of rotatable bonds is 2. The minimum atomic E-state index is -1.83. The molecule has 164 valence electrons. The zero-order chi connectivity index (χ0) is 21.0. The van der Waals surface area contributed by atoms with Crippen molar-refractivity contribution in [1.29, 1.82) is 5.26 Å². The molecule has 6 rings (SSSR count). The zero-order valence-corrected chi connectivity index (χ0v) is 19.9. The van der Waals surface area contributed by atoms with Gasteiger partial charge < -0.3 is 18.6 Å². The highest BCUT2D eigenvalue weighted by Crippen LogP contribution is 2.74. The molecule has 0 radical (unpaired) electrons. The monoisotopic (exact) mass is 429 g/mol. The van der Waals surface area contributed by atoms with Crippen LogP contribution in [-0.4, -0.2) is 44.1 Å². The van der Waals surface area contributed by atoms with E-state index in [4.69, 9.17) is 18.6 Å². The highest BCUT2D eigenvalue weighted by Gasteiger charge is 2.79. The minimum Gasteiger partial charge on any atom is -0.399 e. The third-order valence-corrected chi connectivity index (χ3v) is 10.4. The summed E-state index contributed by atoms with van der Waals surface area (Å²) in [7, 11) is -1.83. The lowest BCUT2D eigenvalue weighted by Crippen LogP contribution is -2.56. The van der Waals surface area contributed by atoms with Gasteiger partial charge in [0.2, 0.25) is 0 Å². The number of allylic oxidation sites excluding steroid dienone is 1. The summed E-state index contributed by atoms with van der Waals surface area (Å²) in [6.45, 7) is 10.4. The minimum absolute atomic E-state index is 0.0780. The highest BCUT2D eigenvalue weighted by atomic mass is 28.4. The average Bonchev–Trinajstić information content (AvgIpc) is 3.01. The second-order valence-electron chi connectivity index (χ2n) is 11.9. The summed E-state index contributed by atoms with van der Waals surface area (Å²) in [5, 5.41) is 10.3. The van der Waals surface area contributed by atoms with Gasteiger partial charge in [-0.25, -0.2) is 0 Å². The fraction of sp³-hybridized carbons (Fsp3) is 0.875. The Bertz CT molecular complexity index is 854. The van der Waals surface area contributed by atoms with Crippen molar-refractivity contribution in [1.82, 2.24) is 0 Å². The summed E-state index contributed by atoms with van der Waals surface area (Å²) < 4.78 is 25.5. The van der Waals surface area contributed by atoms with E-state index in [9.17, 15) is 5.26 Å². The highest BCUT2D eigenvalue weighted by molar-refractivity contribution is 6.69. The molecule has 2 saturated heterocycles. The van der Waals surface area contributed by atoms with Gasteiger partial charge >= 0.3 is 0 Å². The molecule has 0 bridgehead atoms. The van der Waals surface area contributed by atoms with Crippen molar-refractivity contribution in [3.05, 3.63) is 11.6 Å².